The van der Waals surface area contributed by atoms with Crippen LogP contribution in [0.4, 0.5) is 5.82 Å². The van der Waals surface area contributed by atoms with Gasteiger partial charge in [-0.1, -0.05) is 6.92 Å². The molecule has 0 aliphatic rings. The van der Waals surface area contributed by atoms with Crippen LogP contribution in [0.5, 0.6) is 0 Å². The summed E-state index contributed by atoms with van der Waals surface area (Å²) < 4.78 is 0.752. The molecule has 0 radical (unpaired) electrons. The first-order valence-corrected chi connectivity index (χ1v) is 7.46. The lowest BCUT2D eigenvalue weighted by molar-refractivity contribution is 0.0939. The Balaban J connectivity index is 2.15. The Morgan fingerprint density at radius 2 is 2.29 bits per heavy atom. The van der Waals surface area contributed by atoms with E-state index >= 15 is 0 Å². The molecule has 0 bridgehead atoms. The van der Waals surface area contributed by atoms with Crippen molar-refractivity contribution in [3.05, 3.63) is 34.5 Å². The third kappa shape index (κ3) is 4.01. The molecule has 0 spiro atoms. The number of anilines is 1. The van der Waals surface area contributed by atoms with E-state index in [1.165, 1.54) is 6.33 Å². The van der Waals surface area contributed by atoms with E-state index in [9.17, 15) is 4.79 Å². The first-order valence-electron chi connectivity index (χ1n) is 6.67. The summed E-state index contributed by atoms with van der Waals surface area (Å²) in [6.07, 6.45) is 4.02. The summed E-state index contributed by atoms with van der Waals surface area (Å²) in [5.74, 6) is 0.961. The molecule has 2 rings (SSSR count). The van der Waals surface area contributed by atoms with Crippen LogP contribution in [0.1, 0.15) is 42.5 Å². The molecule has 1 amide bonds. The maximum absolute atomic E-state index is 12.4. The Kier molecular flexibility index (Phi) is 5.26. The first kappa shape index (κ1) is 15.4. The van der Waals surface area contributed by atoms with Crippen LogP contribution in [0.15, 0.2) is 23.1 Å². The Morgan fingerprint density at radius 3 is 2.95 bits per heavy atom. The average molecular weight is 353 g/mol. The zero-order valence-electron chi connectivity index (χ0n) is 11.9. The number of rotatable bonds is 6. The second-order valence-electron chi connectivity index (χ2n) is 4.54. The number of pyridine rings is 1. The van der Waals surface area contributed by atoms with Crippen molar-refractivity contribution in [1.29, 1.82) is 0 Å². The van der Waals surface area contributed by atoms with Gasteiger partial charge in [-0.05, 0) is 35.3 Å². The van der Waals surface area contributed by atoms with E-state index in [0.29, 0.717) is 17.2 Å². The van der Waals surface area contributed by atoms with Gasteiger partial charge in [0.05, 0.1) is 11.6 Å². The minimum absolute atomic E-state index is 0.216. The van der Waals surface area contributed by atoms with E-state index in [0.717, 1.165) is 17.4 Å². The maximum Gasteiger partial charge on any atom is 0.255 e. The second kappa shape index (κ2) is 7.16. The van der Waals surface area contributed by atoms with Gasteiger partial charge in [-0.25, -0.2) is 9.97 Å². The summed E-state index contributed by atoms with van der Waals surface area (Å²) in [5, 5.41) is 12.5. The van der Waals surface area contributed by atoms with E-state index in [1.54, 1.807) is 12.3 Å². The van der Waals surface area contributed by atoms with Crippen LogP contribution in [-0.2, 0) is 0 Å². The van der Waals surface area contributed by atoms with Crippen molar-refractivity contribution in [1.82, 2.24) is 25.5 Å². The zero-order valence-corrected chi connectivity index (χ0v) is 13.4. The lowest BCUT2D eigenvalue weighted by Crippen LogP contribution is -2.28. The van der Waals surface area contributed by atoms with Crippen molar-refractivity contribution in [3.8, 4) is 0 Å². The standard InChI is InChI=1S/C13H17BrN6O/c1-3-4-15-12-10(5-9(14)6-16-12)13(21)19-8(2)11-17-7-18-20-11/h5-8H,3-4H2,1-2H3,(H,15,16)(H,19,21)(H,17,18,20). The number of hydrogen-bond acceptors (Lipinski definition) is 5. The number of hydrogen-bond donors (Lipinski definition) is 3. The fraction of sp³-hybridized carbons (Fsp3) is 0.385. The molecular weight excluding hydrogens is 336 g/mol. The molecule has 2 aromatic heterocycles. The van der Waals surface area contributed by atoms with Crippen molar-refractivity contribution in [2.75, 3.05) is 11.9 Å². The van der Waals surface area contributed by atoms with E-state index in [2.05, 4.69) is 53.7 Å². The van der Waals surface area contributed by atoms with Crippen LogP contribution in [0.3, 0.4) is 0 Å². The summed E-state index contributed by atoms with van der Waals surface area (Å²) in [4.78, 5) is 20.7. The monoisotopic (exact) mass is 352 g/mol. The summed E-state index contributed by atoms with van der Waals surface area (Å²) in [7, 11) is 0. The fourth-order valence-corrected chi connectivity index (χ4v) is 2.09. The molecule has 2 heterocycles. The topological polar surface area (TPSA) is 95.6 Å². The highest BCUT2D eigenvalue weighted by Crippen LogP contribution is 2.19. The Labute approximate surface area is 131 Å². The molecule has 0 aliphatic carbocycles. The lowest BCUT2D eigenvalue weighted by Gasteiger charge is -2.14. The van der Waals surface area contributed by atoms with Gasteiger partial charge < -0.3 is 10.6 Å². The first-order chi connectivity index (χ1) is 10.1. The van der Waals surface area contributed by atoms with Gasteiger partial charge in [0, 0.05) is 17.2 Å². The fourth-order valence-electron chi connectivity index (χ4n) is 1.76. The van der Waals surface area contributed by atoms with Crippen LogP contribution >= 0.6 is 15.9 Å². The van der Waals surface area contributed by atoms with Crippen molar-refractivity contribution in [2.45, 2.75) is 26.3 Å². The SMILES string of the molecule is CCCNc1ncc(Br)cc1C(=O)NC(C)c1ncn[nH]1. The summed E-state index contributed by atoms with van der Waals surface area (Å²) >= 11 is 3.34. The van der Waals surface area contributed by atoms with Crippen LogP contribution < -0.4 is 10.6 Å². The molecule has 7 nitrogen and oxygen atoms in total. The summed E-state index contributed by atoms with van der Waals surface area (Å²) in [6, 6.07) is 1.48. The number of aromatic nitrogens is 4. The summed E-state index contributed by atoms with van der Waals surface area (Å²) in [5.41, 5.74) is 0.490. The molecule has 21 heavy (non-hydrogen) atoms. The number of aromatic amines is 1. The molecule has 0 saturated heterocycles. The summed E-state index contributed by atoms with van der Waals surface area (Å²) in [6.45, 7) is 4.65. The van der Waals surface area contributed by atoms with E-state index in [1.807, 2.05) is 6.92 Å². The van der Waals surface area contributed by atoms with Crippen LogP contribution in [-0.4, -0.2) is 32.6 Å². The average Bonchev–Trinajstić information content (AvgIpc) is 3.00. The molecule has 1 unspecified atom stereocenters. The number of carbonyl (C=O) groups is 1. The lowest BCUT2D eigenvalue weighted by atomic mass is 10.2. The number of amides is 1. The number of nitrogens with one attached hydrogen (secondary N) is 3. The van der Waals surface area contributed by atoms with E-state index in [4.69, 9.17) is 0 Å². The minimum atomic E-state index is -0.266. The molecule has 8 heteroatoms. The van der Waals surface area contributed by atoms with Crippen molar-refractivity contribution in [3.63, 3.8) is 0 Å². The van der Waals surface area contributed by atoms with Crippen molar-refractivity contribution < 1.29 is 4.79 Å². The Bertz CT molecular complexity index is 601. The molecule has 1 atom stereocenters. The maximum atomic E-state index is 12.4. The van der Waals surface area contributed by atoms with Gasteiger partial charge in [-0.15, -0.1) is 0 Å². The third-order valence-electron chi connectivity index (χ3n) is 2.83. The van der Waals surface area contributed by atoms with Gasteiger partial charge >= 0.3 is 0 Å². The minimum Gasteiger partial charge on any atom is -0.369 e. The van der Waals surface area contributed by atoms with Gasteiger partial charge in [0.15, 0.2) is 0 Å². The van der Waals surface area contributed by atoms with Crippen molar-refractivity contribution >= 4 is 27.7 Å². The molecule has 0 fully saturated rings. The molecule has 0 aromatic carbocycles. The van der Waals surface area contributed by atoms with Crippen LogP contribution in [0, 0.1) is 0 Å². The number of nitrogens with zero attached hydrogens (tertiary/aromatic N) is 3. The van der Waals surface area contributed by atoms with E-state index < -0.39 is 0 Å². The van der Waals surface area contributed by atoms with Gasteiger partial charge in [0.25, 0.3) is 5.91 Å². The molecule has 0 saturated carbocycles. The van der Waals surface area contributed by atoms with Gasteiger partial charge in [0.2, 0.25) is 0 Å². The number of halogens is 1. The molecular formula is C13H17BrN6O. The number of H-pyrrole nitrogens is 1. The zero-order chi connectivity index (χ0) is 15.2. The van der Waals surface area contributed by atoms with Crippen LogP contribution in [0.2, 0.25) is 0 Å². The van der Waals surface area contributed by atoms with Gasteiger partial charge in [-0.2, -0.15) is 5.10 Å². The smallest absolute Gasteiger partial charge is 0.255 e. The molecule has 112 valence electrons. The van der Waals surface area contributed by atoms with Gasteiger partial charge in [0.1, 0.15) is 18.0 Å². The quantitative estimate of drug-likeness (QED) is 0.741. The predicted octanol–water partition coefficient (Wildman–Crippen LogP) is 2.28. The Hall–Kier alpha value is -1.96. The van der Waals surface area contributed by atoms with Crippen LogP contribution in [0.25, 0.3) is 0 Å². The second-order valence-corrected chi connectivity index (χ2v) is 5.46. The predicted molar refractivity (Wildman–Crippen MR) is 83.0 cm³/mol. The normalized spacial score (nSPS) is 12.0. The van der Waals surface area contributed by atoms with E-state index in [-0.39, 0.29) is 11.9 Å². The van der Waals surface area contributed by atoms with Crippen molar-refractivity contribution in [2.24, 2.45) is 0 Å². The highest BCUT2D eigenvalue weighted by molar-refractivity contribution is 9.10. The highest BCUT2D eigenvalue weighted by atomic mass is 79.9. The third-order valence-corrected chi connectivity index (χ3v) is 3.27. The molecule has 2 aromatic rings. The highest BCUT2D eigenvalue weighted by Gasteiger charge is 2.17. The number of carbonyl (C=O) groups excluding carboxylic acids is 1. The van der Waals surface area contributed by atoms with Gasteiger partial charge in [-0.3, -0.25) is 9.89 Å². The molecule has 0 aliphatic heterocycles. The molecule has 3 N–H and O–H groups in total. The Morgan fingerprint density at radius 1 is 1.48 bits per heavy atom. The largest absolute Gasteiger partial charge is 0.369 e.